The van der Waals surface area contributed by atoms with Gasteiger partial charge in [0.1, 0.15) is 5.76 Å². The topological polar surface area (TPSA) is 94.1 Å². The maximum Gasteiger partial charge on any atom is 0.269 e. The zero-order valence-electron chi connectivity index (χ0n) is 13.9. The molecular weight excluding hydrogens is 320 g/mol. The monoisotopic (exact) mass is 338 g/mol. The molecule has 2 aromatic heterocycles. The highest BCUT2D eigenvalue weighted by Gasteiger charge is 2.23. The van der Waals surface area contributed by atoms with E-state index in [1.54, 1.807) is 13.0 Å². The maximum atomic E-state index is 12.2. The van der Waals surface area contributed by atoms with Crippen LogP contribution in [0.15, 0.2) is 39.3 Å². The third kappa shape index (κ3) is 3.31. The van der Waals surface area contributed by atoms with Gasteiger partial charge in [0.05, 0.1) is 6.04 Å². The summed E-state index contributed by atoms with van der Waals surface area (Å²) in [5.74, 6) is 1.37. The third-order valence-corrected chi connectivity index (χ3v) is 4.35. The van der Waals surface area contributed by atoms with Gasteiger partial charge in [-0.05, 0) is 30.9 Å². The van der Waals surface area contributed by atoms with E-state index < -0.39 is 0 Å². The summed E-state index contributed by atoms with van der Waals surface area (Å²) < 4.78 is 10.5. The largest absolute Gasteiger partial charge is 0.419 e. The summed E-state index contributed by atoms with van der Waals surface area (Å²) >= 11 is 0. The van der Waals surface area contributed by atoms with E-state index in [9.17, 15) is 4.79 Å². The molecule has 1 atom stereocenters. The molecule has 1 N–H and O–H groups in total. The molecule has 0 aliphatic heterocycles. The van der Waals surface area contributed by atoms with Crippen LogP contribution in [0.5, 0.6) is 0 Å². The summed E-state index contributed by atoms with van der Waals surface area (Å²) in [5.41, 5.74) is 3.04. The maximum absolute atomic E-state index is 12.2. The van der Waals surface area contributed by atoms with E-state index in [0.717, 1.165) is 12.8 Å². The van der Waals surface area contributed by atoms with Crippen molar-refractivity contribution in [2.75, 3.05) is 0 Å². The van der Waals surface area contributed by atoms with Crippen molar-refractivity contribution >= 4 is 5.91 Å². The molecule has 3 aromatic rings. The van der Waals surface area contributed by atoms with Gasteiger partial charge < -0.3 is 14.3 Å². The van der Waals surface area contributed by atoms with Crippen molar-refractivity contribution in [1.29, 1.82) is 0 Å². The smallest absolute Gasteiger partial charge is 0.269 e. The number of aryl methyl sites for hydroxylation is 3. The standard InChI is InChI=1S/C18H18N4O3/c1-11-10-15(22-25-11)18-21-20-17(24-18)9-8-16(23)19-14-7-6-12-4-2-3-5-13(12)14/h2-5,10,14H,6-9H2,1H3,(H,19,23). The molecule has 0 spiro atoms. The fourth-order valence-electron chi connectivity index (χ4n) is 3.12. The minimum atomic E-state index is -0.0151. The molecule has 7 nitrogen and oxygen atoms in total. The molecule has 4 rings (SSSR count). The van der Waals surface area contributed by atoms with E-state index in [4.69, 9.17) is 8.94 Å². The first kappa shape index (κ1) is 15.6. The number of benzene rings is 1. The molecule has 0 saturated carbocycles. The summed E-state index contributed by atoms with van der Waals surface area (Å²) in [5, 5.41) is 14.8. The molecule has 25 heavy (non-hydrogen) atoms. The lowest BCUT2D eigenvalue weighted by Crippen LogP contribution is -2.27. The Morgan fingerprint density at radius 1 is 1.32 bits per heavy atom. The Balaban J connectivity index is 1.33. The first-order valence-corrected chi connectivity index (χ1v) is 8.32. The Bertz CT molecular complexity index is 899. The molecule has 1 aromatic carbocycles. The number of aromatic nitrogens is 3. The molecule has 1 aliphatic carbocycles. The second-order valence-electron chi connectivity index (χ2n) is 6.18. The summed E-state index contributed by atoms with van der Waals surface area (Å²) in [7, 11) is 0. The number of carbonyl (C=O) groups excluding carboxylic acids is 1. The van der Waals surface area contributed by atoms with E-state index in [0.29, 0.717) is 36.1 Å². The summed E-state index contributed by atoms with van der Waals surface area (Å²) in [6.07, 6.45) is 2.65. The molecule has 7 heteroatoms. The van der Waals surface area contributed by atoms with Crippen molar-refractivity contribution in [3.05, 3.63) is 53.1 Å². The highest BCUT2D eigenvalue weighted by atomic mass is 16.5. The lowest BCUT2D eigenvalue weighted by atomic mass is 10.1. The zero-order chi connectivity index (χ0) is 17.2. The van der Waals surface area contributed by atoms with Crippen LogP contribution in [0, 0.1) is 6.92 Å². The van der Waals surface area contributed by atoms with Crippen molar-refractivity contribution in [2.24, 2.45) is 0 Å². The van der Waals surface area contributed by atoms with Crippen LogP contribution in [0.2, 0.25) is 0 Å². The van der Waals surface area contributed by atoms with Crippen molar-refractivity contribution in [2.45, 2.75) is 38.6 Å². The number of rotatable bonds is 5. The van der Waals surface area contributed by atoms with Crippen molar-refractivity contribution in [3.8, 4) is 11.6 Å². The van der Waals surface area contributed by atoms with Gasteiger partial charge in [-0.15, -0.1) is 10.2 Å². The van der Waals surface area contributed by atoms with Crippen LogP contribution >= 0.6 is 0 Å². The average molecular weight is 338 g/mol. The van der Waals surface area contributed by atoms with E-state index in [1.165, 1.54) is 11.1 Å². The van der Waals surface area contributed by atoms with Gasteiger partial charge in [-0.2, -0.15) is 0 Å². The molecule has 2 heterocycles. The van der Waals surface area contributed by atoms with Gasteiger partial charge in [-0.1, -0.05) is 29.4 Å². The number of carbonyl (C=O) groups is 1. The van der Waals surface area contributed by atoms with Gasteiger partial charge in [0.15, 0.2) is 5.69 Å². The average Bonchev–Trinajstić information content (AvgIpc) is 3.33. The predicted molar refractivity (Wildman–Crippen MR) is 88.5 cm³/mol. The molecule has 0 bridgehead atoms. The minimum Gasteiger partial charge on any atom is -0.419 e. The van der Waals surface area contributed by atoms with E-state index in [-0.39, 0.29) is 11.9 Å². The lowest BCUT2D eigenvalue weighted by molar-refractivity contribution is -0.121. The molecule has 1 aliphatic rings. The number of hydrogen-bond donors (Lipinski definition) is 1. The number of nitrogens with one attached hydrogen (secondary N) is 1. The lowest BCUT2D eigenvalue weighted by Gasteiger charge is -2.13. The van der Waals surface area contributed by atoms with Crippen molar-refractivity contribution < 1.29 is 13.7 Å². The van der Waals surface area contributed by atoms with Crippen molar-refractivity contribution in [3.63, 3.8) is 0 Å². The van der Waals surface area contributed by atoms with Gasteiger partial charge in [-0.3, -0.25) is 4.79 Å². The number of nitrogens with zero attached hydrogens (tertiary/aromatic N) is 3. The number of fused-ring (bicyclic) bond motifs is 1. The molecular formula is C18H18N4O3. The molecule has 0 radical (unpaired) electrons. The molecule has 0 saturated heterocycles. The van der Waals surface area contributed by atoms with Gasteiger partial charge in [-0.25, -0.2) is 0 Å². The SMILES string of the molecule is Cc1cc(-c2nnc(CCC(=O)NC3CCc4ccccc43)o2)no1. The Hall–Kier alpha value is -2.96. The minimum absolute atomic E-state index is 0.0151. The Morgan fingerprint density at radius 3 is 3.04 bits per heavy atom. The second kappa shape index (κ2) is 6.51. The number of amides is 1. The zero-order valence-corrected chi connectivity index (χ0v) is 13.9. The second-order valence-corrected chi connectivity index (χ2v) is 6.18. The molecule has 1 unspecified atom stereocenters. The third-order valence-electron chi connectivity index (χ3n) is 4.35. The van der Waals surface area contributed by atoms with Crippen LogP contribution in [0.3, 0.4) is 0 Å². The van der Waals surface area contributed by atoms with Crippen molar-refractivity contribution in [1.82, 2.24) is 20.7 Å². The summed E-state index contributed by atoms with van der Waals surface area (Å²) in [6.45, 7) is 1.79. The molecule has 0 fully saturated rings. The fraction of sp³-hybridized carbons (Fsp3) is 0.333. The normalized spacial score (nSPS) is 16.0. The van der Waals surface area contributed by atoms with Gasteiger partial charge >= 0.3 is 0 Å². The Morgan fingerprint density at radius 2 is 2.20 bits per heavy atom. The van der Waals surface area contributed by atoms with Crippen LogP contribution in [0.25, 0.3) is 11.6 Å². The van der Waals surface area contributed by atoms with E-state index in [1.807, 2.05) is 12.1 Å². The highest BCUT2D eigenvalue weighted by Crippen LogP contribution is 2.30. The highest BCUT2D eigenvalue weighted by molar-refractivity contribution is 5.76. The first-order chi connectivity index (χ1) is 12.2. The van der Waals surface area contributed by atoms with Gasteiger partial charge in [0.2, 0.25) is 11.8 Å². The quantitative estimate of drug-likeness (QED) is 0.769. The Labute approximate surface area is 144 Å². The summed E-state index contributed by atoms with van der Waals surface area (Å²) in [4.78, 5) is 12.2. The van der Waals surface area contributed by atoms with Crippen LogP contribution in [-0.4, -0.2) is 21.3 Å². The van der Waals surface area contributed by atoms with E-state index >= 15 is 0 Å². The summed E-state index contributed by atoms with van der Waals surface area (Å²) in [6, 6.07) is 10.1. The first-order valence-electron chi connectivity index (χ1n) is 8.32. The molecule has 1 amide bonds. The van der Waals surface area contributed by atoms with Crippen LogP contribution in [0.1, 0.15) is 41.7 Å². The fourth-order valence-corrected chi connectivity index (χ4v) is 3.12. The number of hydrogen-bond acceptors (Lipinski definition) is 6. The molecule has 128 valence electrons. The van der Waals surface area contributed by atoms with Crippen LogP contribution < -0.4 is 5.32 Å². The van der Waals surface area contributed by atoms with E-state index in [2.05, 4.69) is 32.8 Å². The predicted octanol–water partition coefficient (Wildman–Crippen LogP) is 2.77. The van der Waals surface area contributed by atoms with Gasteiger partial charge in [0.25, 0.3) is 5.89 Å². The Kier molecular flexibility index (Phi) is 4.05. The van der Waals surface area contributed by atoms with Crippen LogP contribution in [-0.2, 0) is 17.6 Å². The van der Waals surface area contributed by atoms with Crippen LogP contribution in [0.4, 0.5) is 0 Å². The van der Waals surface area contributed by atoms with Gasteiger partial charge in [0, 0.05) is 18.9 Å².